The lowest BCUT2D eigenvalue weighted by Crippen LogP contribution is -2.48. The zero-order valence-electron chi connectivity index (χ0n) is 17.9. The van der Waals surface area contributed by atoms with E-state index in [0.29, 0.717) is 32.8 Å². The van der Waals surface area contributed by atoms with E-state index in [-0.39, 0.29) is 5.75 Å². The van der Waals surface area contributed by atoms with Crippen molar-refractivity contribution in [2.45, 2.75) is 71.6 Å². The van der Waals surface area contributed by atoms with Crippen LogP contribution in [0.1, 0.15) is 71.6 Å². The van der Waals surface area contributed by atoms with Crippen molar-refractivity contribution < 1.29 is 26.9 Å². The van der Waals surface area contributed by atoms with Gasteiger partial charge in [0.15, 0.2) is 0 Å². The van der Waals surface area contributed by atoms with Crippen LogP contribution in [-0.2, 0) is 19.6 Å². The second kappa shape index (κ2) is 16.7. The number of unbranched alkanes of at least 4 members (excludes halogenated alkanes) is 6. The maximum Gasteiger partial charge on any atom is 0.102 e. The van der Waals surface area contributed by atoms with E-state index in [9.17, 15) is 13.0 Å². The van der Waals surface area contributed by atoms with Crippen LogP contribution < -0.4 is 0 Å². The molecule has 0 aliphatic carbocycles. The Hall–Kier alpha value is -0.210. The van der Waals surface area contributed by atoms with Gasteiger partial charge < -0.3 is 18.5 Å². The number of ether oxygens (including phenoxy) is 2. The van der Waals surface area contributed by atoms with Gasteiger partial charge >= 0.3 is 0 Å². The summed E-state index contributed by atoms with van der Waals surface area (Å²) in [6, 6.07) is 0. The Morgan fingerprint density at radius 2 is 1.26 bits per heavy atom. The fraction of sp³-hybridized carbons (Fsp3) is 1.00. The summed E-state index contributed by atoms with van der Waals surface area (Å²) in [5.41, 5.74) is 0. The summed E-state index contributed by atoms with van der Waals surface area (Å²) in [6.07, 6.45) is 10.1. The van der Waals surface area contributed by atoms with Gasteiger partial charge in [0.1, 0.15) is 6.54 Å². The third-order valence-corrected chi connectivity index (χ3v) is 5.72. The largest absolute Gasteiger partial charge is 0.748 e. The van der Waals surface area contributed by atoms with E-state index in [2.05, 4.69) is 20.9 Å². The topological polar surface area (TPSA) is 75.7 Å². The molecule has 1 unspecified atom stereocenters. The highest BCUT2D eigenvalue weighted by atomic mass is 32.2. The molecule has 0 saturated carbocycles. The number of rotatable bonds is 20. The molecule has 0 aliphatic rings. The van der Waals surface area contributed by atoms with Crippen molar-refractivity contribution in [2.24, 2.45) is 0 Å². The lowest BCUT2D eigenvalue weighted by atomic mass is 10.1. The van der Waals surface area contributed by atoms with Crippen molar-refractivity contribution in [1.82, 2.24) is 0 Å². The minimum Gasteiger partial charge on any atom is -0.748 e. The van der Waals surface area contributed by atoms with Crippen LogP contribution in [0.4, 0.5) is 0 Å². The Morgan fingerprint density at radius 3 is 1.89 bits per heavy atom. The summed E-state index contributed by atoms with van der Waals surface area (Å²) < 4.78 is 44.6. The van der Waals surface area contributed by atoms with E-state index >= 15 is 0 Å². The molecule has 0 saturated heterocycles. The Balaban J connectivity index is 4.13. The number of quaternary nitrogens is 1. The van der Waals surface area contributed by atoms with Crippen molar-refractivity contribution in [1.29, 1.82) is 0 Å². The van der Waals surface area contributed by atoms with Crippen LogP contribution in [0.3, 0.4) is 0 Å². The van der Waals surface area contributed by atoms with E-state index in [4.69, 9.17) is 9.47 Å². The van der Waals surface area contributed by atoms with Crippen LogP contribution in [0.15, 0.2) is 0 Å². The minimum atomic E-state index is -4.13. The van der Waals surface area contributed by atoms with Gasteiger partial charge in [-0.05, 0) is 19.3 Å². The molecule has 27 heavy (non-hydrogen) atoms. The predicted molar refractivity (Wildman–Crippen MR) is 110 cm³/mol. The molecule has 164 valence electrons. The zero-order chi connectivity index (χ0) is 20.4. The van der Waals surface area contributed by atoms with E-state index < -0.39 is 10.1 Å². The Morgan fingerprint density at radius 1 is 0.704 bits per heavy atom. The van der Waals surface area contributed by atoms with Crippen molar-refractivity contribution >= 4 is 10.1 Å². The van der Waals surface area contributed by atoms with Crippen molar-refractivity contribution in [3.05, 3.63) is 0 Å². The molecule has 0 radical (unpaired) electrons. The standard InChI is InChI=1S/C20H43NO5S/c1-4-6-8-9-10-11-13-21(3,14-12-20-27(22,23)24)15-17-26-19-18-25-16-7-5-2/h4-20H2,1-3H3. The SMILES string of the molecule is CCCCCCCC[N+](C)(CCCS(=O)(=O)[O-])CCOCCOCCCC. The van der Waals surface area contributed by atoms with Gasteiger partial charge in [0, 0.05) is 18.8 Å². The Kier molecular flexibility index (Phi) is 16.6. The maximum absolute atomic E-state index is 10.9. The minimum absolute atomic E-state index is 0.274. The quantitative estimate of drug-likeness (QED) is 0.175. The van der Waals surface area contributed by atoms with Gasteiger partial charge in [-0.2, -0.15) is 0 Å². The van der Waals surface area contributed by atoms with E-state index in [1.165, 1.54) is 32.1 Å². The number of hydrogen-bond acceptors (Lipinski definition) is 5. The van der Waals surface area contributed by atoms with E-state index in [1.807, 2.05) is 0 Å². The first-order valence-corrected chi connectivity index (χ1v) is 12.3. The molecule has 7 heteroatoms. The highest BCUT2D eigenvalue weighted by Gasteiger charge is 2.21. The van der Waals surface area contributed by atoms with Crippen molar-refractivity contribution in [3.63, 3.8) is 0 Å². The van der Waals surface area contributed by atoms with Gasteiger partial charge in [-0.25, -0.2) is 8.42 Å². The summed E-state index contributed by atoms with van der Waals surface area (Å²) in [5.74, 6) is -0.274. The van der Waals surface area contributed by atoms with E-state index in [0.717, 1.165) is 43.4 Å². The molecular weight excluding hydrogens is 366 g/mol. The first kappa shape index (κ1) is 26.8. The van der Waals surface area contributed by atoms with Crippen LogP contribution in [0.25, 0.3) is 0 Å². The maximum atomic E-state index is 10.9. The highest BCUT2D eigenvalue weighted by molar-refractivity contribution is 7.85. The van der Waals surface area contributed by atoms with Crippen molar-refractivity contribution in [3.8, 4) is 0 Å². The molecule has 0 aromatic carbocycles. The van der Waals surface area contributed by atoms with Crippen LogP contribution in [-0.4, -0.2) is 76.3 Å². The highest BCUT2D eigenvalue weighted by Crippen LogP contribution is 2.11. The molecule has 0 heterocycles. The number of hydrogen-bond donors (Lipinski definition) is 0. The molecule has 0 rings (SSSR count). The lowest BCUT2D eigenvalue weighted by molar-refractivity contribution is -0.910. The van der Waals surface area contributed by atoms with Gasteiger partial charge in [-0.15, -0.1) is 0 Å². The fourth-order valence-corrected chi connectivity index (χ4v) is 3.57. The average molecular weight is 410 g/mol. The first-order chi connectivity index (χ1) is 12.8. The van der Waals surface area contributed by atoms with E-state index in [1.54, 1.807) is 0 Å². The second-order valence-corrected chi connectivity index (χ2v) is 9.28. The van der Waals surface area contributed by atoms with Crippen molar-refractivity contribution in [2.75, 3.05) is 58.9 Å². The Labute approximate surface area is 167 Å². The predicted octanol–water partition coefficient (Wildman–Crippen LogP) is 3.56. The molecule has 0 fully saturated rings. The summed E-state index contributed by atoms with van der Waals surface area (Å²) in [4.78, 5) is 0. The summed E-state index contributed by atoms with van der Waals surface area (Å²) in [6.45, 7) is 9.53. The summed E-state index contributed by atoms with van der Waals surface area (Å²) in [5, 5.41) is 0. The van der Waals surface area contributed by atoms with Crippen LogP contribution in [0.2, 0.25) is 0 Å². The lowest BCUT2D eigenvalue weighted by Gasteiger charge is -2.35. The van der Waals surface area contributed by atoms with Crippen LogP contribution in [0.5, 0.6) is 0 Å². The van der Waals surface area contributed by atoms with Gasteiger partial charge in [0.25, 0.3) is 0 Å². The van der Waals surface area contributed by atoms with Gasteiger partial charge in [-0.1, -0.05) is 46.0 Å². The second-order valence-electron chi connectivity index (χ2n) is 7.75. The number of likely N-dealkylation sites (N-methyl/N-ethyl adjacent to an activating group) is 1. The third-order valence-electron chi connectivity index (χ3n) is 4.93. The van der Waals surface area contributed by atoms with Crippen LogP contribution >= 0.6 is 0 Å². The molecule has 0 aromatic rings. The molecule has 0 aromatic heterocycles. The number of nitrogens with zero attached hydrogens (tertiary/aromatic N) is 1. The monoisotopic (exact) mass is 409 g/mol. The van der Waals surface area contributed by atoms with Gasteiger partial charge in [0.05, 0.1) is 50.1 Å². The fourth-order valence-electron chi connectivity index (χ4n) is 3.09. The molecule has 0 aliphatic heterocycles. The molecule has 0 bridgehead atoms. The van der Waals surface area contributed by atoms with Gasteiger partial charge in [0.2, 0.25) is 0 Å². The zero-order valence-corrected chi connectivity index (χ0v) is 18.7. The summed E-state index contributed by atoms with van der Waals surface area (Å²) >= 11 is 0. The average Bonchev–Trinajstić information content (AvgIpc) is 2.59. The normalized spacial score (nSPS) is 14.4. The van der Waals surface area contributed by atoms with Gasteiger partial charge in [-0.3, -0.25) is 0 Å². The third kappa shape index (κ3) is 18.9. The summed E-state index contributed by atoms with van der Waals surface area (Å²) in [7, 11) is -1.99. The molecule has 0 amide bonds. The molecular formula is C20H43NO5S. The Bertz CT molecular complexity index is 430. The first-order valence-electron chi connectivity index (χ1n) is 10.8. The molecule has 0 spiro atoms. The van der Waals surface area contributed by atoms with Crippen LogP contribution in [0, 0.1) is 0 Å². The molecule has 1 atom stereocenters. The molecule has 6 nitrogen and oxygen atoms in total. The smallest absolute Gasteiger partial charge is 0.102 e. The molecule has 0 N–H and O–H groups in total.